The van der Waals surface area contributed by atoms with Crippen molar-refractivity contribution in [1.29, 1.82) is 0 Å². The van der Waals surface area contributed by atoms with Crippen molar-refractivity contribution in [3.63, 3.8) is 0 Å². The van der Waals surface area contributed by atoms with Crippen LogP contribution in [0.2, 0.25) is 0 Å². The molecular formula is C12H21F3N2O3. The summed E-state index contributed by atoms with van der Waals surface area (Å²) < 4.78 is 37.1. The van der Waals surface area contributed by atoms with Crippen LogP contribution in [-0.4, -0.2) is 53.7 Å². The zero-order valence-corrected chi connectivity index (χ0v) is 11.8. The number of hydrogen-bond acceptors (Lipinski definition) is 3. The number of amides is 1. The van der Waals surface area contributed by atoms with Crippen LogP contribution in [0, 0.1) is 5.92 Å². The van der Waals surface area contributed by atoms with E-state index in [4.69, 9.17) is 5.11 Å². The van der Waals surface area contributed by atoms with E-state index in [1.54, 1.807) is 0 Å². The lowest BCUT2D eigenvalue weighted by atomic mass is 10.1. The molecule has 0 saturated heterocycles. The SMILES string of the molecule is CC(C)CCNC(=O)C(C)N(CC(=O)O)CC(F)(F)F. The van der Waals surface area contributed by atoms with Gasteiger partial charge < -0.3 is 10.4 Å². The average molecular weight is 298 g/mol. The molecule has 1 amide bonds. The van der Waals surface area contributed by atoms with Crippen molar-refractivity contribution in [1.82, 2.24) is 10.2 Å². The first-order chi connectivity index (χ1) is 9.03. The summed E-state index contributed by atoms with van der Waals surface area (Å²) in [5, 5.41) is 11.1. The highest BCUT2D eigenvalue weighted by Gasteiger charge is 2.35. The smallest absolute Gasteiger partial charge is 0.401 e. The maximum absolute atomic E-state index is 12.4. The molecule has 0 heterocycles. The monoisotopic (exact) mass is 298 g/mol. The van der Waals surface area contributed by atoms with Gasteiger partial charge in [-0.05, 0) is 19.3 Å². The highest BCUT2D eigenvalue weighted by Crippen LogP contribution is 2.18. The largest absolute Gasteiger partial charge is 0.480 e. The number of nitrogens with one attached hydrogen (secondary N) is 1. The van der Waals surface area contributed by atoms with Gasteiger partial charge in [-0.3, -0.25) is 14.5 Å². The number of nitrogens with zero attached hydrogens (tertiary/aromatic N) is 1. The van der Waals surface area contributed by atoms with Crippen molar-refractivity contribution in [2.75, 3.05) is 19.6 Å². The lowest BCUT2D eigenvalue weighted by Gasteiger charge is -2.27. The highest BCUT2D eigenvalue weighted by atomic mass is 19.4. The van der Waals surface area contributed by atoms with Gasteiger partial charge in [-0.1, -0.05) is 13.8 Å². The fourth-order valence-electron chi connectivity index (χ4n) is 1.53. The van der Waals surface area contributed by atoms with E-state index in [2.05, 4.69) is 5.32 Å². The molecule has 0 aromatic heterocycles. The van der Waals surface area contributed by atoms with E-state index in [1.165, 1.54) is 6.92 Å². The van der Waals surface area contributed by atoms with Gasteiger partial charge in [0.2, 0.25) is 5.91 Å². The molecule has 0 aliphatic rings. The Morgan fingerprint density at radius 1 is 1.25 bits per heavy atom. The standard InChI is InChI=1S/C12H21F3N2O3/c1-8(2)4-5-16-11(20)9(3)17(6-10(18)19)7-12(13,14)15/h8-9H,4-7H2,1-3H3,(H,16,20)(H,18,19). The van der Waals surface area contributed by atoms with Gasteiger partial charge in [0.25, 0.3) is 0 Å². The molecule has 0 aliphatic carbocycles. The zero-order valence-electron chi connectivity index (χ0n) is 11.8. The van der Waals surface area contributed by atoms with Crippen LogP contribution in [0.5, 0.6) is 0 Å². The Hall–Kier alpha value is -1.31. The van der Waals surface area contributed by atoms with E-state index in [1.807, 2.05) is 13.8 Å². The molecule has 0 radical (unpaired) electrons. The number of rotatable bonds is 8. The van der Waals surface area contributed by atoms with Crippen molar-refractivity contribution >= 4 is 11.9 Å². The molecule has 0 aliphatic heterocycles. The second kappa shape index (κ2) is 8.08. The van der Waals surface area contributed by atoms with Crippen LogP contribution in [0.1, 0.15) is 27.2 Å². The third-order valence-corrected chi connectivity index (χ3v) is 2.67. The van der Waals surface area contributed by atoms with Gasteiger partial charge in [0, 0.05) is 6.54 Å². The fourth-order valence-corrected chi connectivity index (χ4v) is 1.53. The molecular weight excluding hydrogens is 277 g/mol. The van der Waals surface area contributed by atoms with Crippen LogP contribution in [0.4, 0.5) is 13.2 Å². The Morgan fingerprint density at radius 3 is 2.20 bits per heavy atom. The topological polar surface area (TPSA) is 69.6 Å². The summed E-state index contributed by atoms with van der Waals surface area (Å²) in [7, 11) is 0. The van der Waals surface area contributed by atoms with Gasteiger partial charge in [0.1, 0.15) is 0 Å². The number of halogens is 3. The molecule has 0 bridgehead atoms. The zero-order chi connectivity index (χ0) is 15.9. The lowest BCUT2D eigenvalue weighted by Crippen LogP contribution is -2.50. The molecule has 0 fully saturated rings. The van der Waals surface area contributed by atoms with Crippen molar-refractivity contribution in [2.45, 2.75) is 39.4 Å². The number of hydrogen-bond donors (Lipinski definition) is 2. The van der Waals surface area contributed by atoms with Gasteiger partial charge in [0.05, 0.1) is 19.1 Å². The quantitative estimate of drug-likeness (QED) is 0.712. The maximum atomic E-state index is 12.4. The van der Waals surface area contributed by atoms with Crippen molar-refractivity contribution in [2.24, 2.45) is 5.92 Å². The van der Waals surface area contributed by atoms with E-state index in [-0.39, 0.29) is 0 Å². The third-order valence-electron chi connectivity index (χ3n) is 2.67. The van der Waals surface area contributed by atoms with E-state index < -0.39 is 37.2 Å². The van der Waals surface area contributed by atoms with Crippen LogP contribution in [0.15, 0.2) is 0 Å². The predicted octanol–water partition coefficient (Wildman–Crippen LogP) is 1.49. The molecule has 0 rings (SSSR count). The van der Waals surface area contributed by atoms with Crippen molar-refractivity contribution < 1.29 is 27.9 Å². The molecule has 0 aromatic rings. The van der Waals surface area contributed by atoms with Crippen LogP contribution in [0.25, 0.3) is 0 Å². The maximum Gasteiger partial charge on any atom is 0.401 e. The minimum absolute atomic E-state index is 0.355. The Balaban J connectivity index is 4.55. The molecule has 8 heteroatoms. The first-order valence-electron chi connectivity index (χ1n) is 6.33. The second-order valence-corrected chi connectivity index (χ2v) is 5.06. The van der Waals surface area contributed by atoms with Crippen LogP contribution in [-0.2, 0) is 9.59 Å². The summed E-state index contributed by atoms with van der Waals surface area (Å²) in [6, 6.07) is -1.15. The molecule has 118 valence electrons. The molecule has 5 nitrogen and oxygen atoms in total. The molecule has 20 heavy (non-hydrogen) atoms. The molecule has 0 saturated carbocycles. The Labute approximate surface area is 116 Å². The number of carboxylic acids is 1. The summed E-state index contributed by atoms with van der Waals surface area (Å²) in [4.78, 5) is 22.9. The van der Waals surface area contributed by atoms with Gasteiger partial charge in [0.15, 0.2) is 0 Å². The minimum atomic E-state index is -4.55. The molecule has 0 aromatic carbocycles. The Kier molecular flexibility index (Phi) is 7.55. The third kappa shape index (κ3) is 8.73. The summed E-state index contributed by atoms with van der Waals surface area (Å²) in [5.41, 5.74) is 0. The second-order valence-electron chi connectivity index (χ2n) is 5.06. The fraction of sp³-hybridized carbons (Fsp3) is 0.833. The van der Waals surface area contributed by atoms with Crippen molar-refractivity contribution in [3.05, 3.63) is 0 Å². The van der Waals surface area contributed by atoms with Crippen molar-refractivity contribution in [3.8, 4) is 0 Å². The molecule has 0 spiro atoms. The lowest BCUT2D eigenvalue weighted by molar-refractivity contribution is -0.160. The number of carbonyl (C=O) groups excluding carboxylic acids is 1. The number of aliphatic carboxylic acids is 1. The van der Waals surface area contributed by atoms with Gasteiger partial charge in [-0.2, -0.15) is 13.2 Å². The van der Waals surface area contributed by atoms with E-state index in [0.717, 1.165) is 0 Å². The minimum Gasteiger partial charge on any atom is -0.480 e. The average Bonchev–Trinajstić information content (AvgIpc) is 2.23. The predicted molar refractivity (Wildman–Crippen MR) is 67.2 cm³/mol. The van der Waals surface area contributed by atoms with Crippen LogP contribution in [0.3, 0.4) is 0 Å². The van der Waals surface area contributed by atoms with Gasteiger partial charge in [-0.25, -0.2) is 0 Å². The van der Waals surface area contributed by atoms with Crippen LogP contribution >= 0.6 is 0 Å². The number of carbonyl (C=O) groups is 2. The summed E-state index contributed by atoms with van der Waals surface area (Å²) >= 11 is 0. The number of carboxylic acid groups (broad SMARTS) is 1. The van der Waals surface area contributed by atoms with Crippen LogP contribution < -0.4 is 5.32 Å². The Bertz CT molecular complexity index is 332. The normalized spacial score (nSPS) is 13.6. The first-order valence-corrected chi connectivity index (χ1v) is 6.33. The van der Waals surface area contributed by atoms with E-state index in [0.29, 0.717) is 23.8 Å². The van der Waals surface area contributed by atoms with E-state index in [9.17, 15) is 22.8 Å². The first kappa shape index (κ1) is 18.7. The Morgan fingerprint density at radius 2 is 1.80 bits per heavy atom. The molecule has 1 unspecified atom stereocenters. The number of alkyl halides is 3. The molecule has 1 atom stereocenters. The van der Waals surface area contributed by atoms with Gasteiger partial charge in [-0.15, -0.1) is 0 Å². The summed E-state index contributed by atoms with van der Waals surface area (Å²) in [6.45, 7) is 3.26. The van der Waals surface area contributed by atoms with Gasteiger partial charge >= 0.3 is 12.1 Å². The summed E-state index contributed by atoms with van der Waals surface area (Å²) in [5.74, 6) is -1.65. The van der Waals surface area contributed by atoms with E-state index >= 15 is 0 Å². The summed E-state index contributed by atoms with van der Waals surface area (Å²) in [6.07, 6.45) is -3.85. The molecule has 2 N–H and O–H groups in total. The highest BCUT2D eigenvalue weighted by molar-refractivity contribution is 5.82.